The summed E-state index contributed by atoms with van der Waals surface area (Å²) in [6, 6.07) is 13.4. The van der Waals surface area contributed by atoms with Crippen LogP contribution >= 0.6 is 0 Å². The smallest absolute Gasteiger partial charge is 0.287 e. The van der Waals surface area contributed by atoms with Crippen LogP contribution in [0.25, 0.3) is 11.0 Å². The molecule has 0 unspecified atom stereocenters. The zero-order valence-corrected chi connectivity index (χ0v) is 14.3. The normalized spacial score (nSPS) is 12.2. The molecule has 3 rings (SSSR count). The maximum Gasteiger partial charge on any atom is 0.287 e. The van der Waals surface area contributed by atoms with Crippen molar-refractivity contribution in [2.45, 2.75) is 26.8 Å². The summed E-state index contributed by atoms with van der Waals surface area (Å²) in [5.74, 6) is 0.665. The molecule has 3 aromatic rings. The van der Waals surface area contributed by atoms with Crippen LogP contribution in [-0.4, -0.2) is 13.0 Å². The van der Waals surface area contributed by atoms with E-state index in [0.717, 1.165) is 10.9 Å². The van der Waals surface area contributed by atoms with Crippen LogP contribution in [0.3, 0.4) is 0 Å². The van der Waals surface area contributed by atoms with Crippen molar-refractivity contribution in [3.8, 4) is 5.75 Å². The summed E-state index contributed by atoms with van der Waals surface area (Å²) in [4.78, 5) is 12.5. The van der Waals surface area contributed by atoms with E-state index in [1.54, 1.807) is 13.2 Å². The lowest BCUT2D eigenvalue weighted by Gasteiger charge is -2.14. The Hall–Kier alpha value is -2.75. The third-order valence-corrected chi connectivity index (χ3v) is 4.33. The molecule has 1 atom stereocenters. The Morgan fingerprint density at radius 2 is 1.92 bits per heavy atom. The van der Waals surface area contributed by atoms with Crippen molar-refractivity contribution in [2.75, 3.05) is 7.11 Å². The molecule has 1 aromatic heterocycles. The highest BCUT2D eigenvalue weighted by molar-refractivity contribution is 5.97. The van der Waals surface area contributed by atoms with Crippen molar-refractivity contribution >= 4 is 16.9 Å². The van der Waals surface area contributed by atoms with Crippen molar-refractivity contribution in [3.63, 3.8) is 0 Å². The molecule has 0 fully saturated rings. The van der Waals surface area contributed by atoms with E-state index in [1.165, 1.54) is 11.1 Å². The predicted octanol–water partition coefficient (Wildman–Crippen LogP) is 4.55. The summed E-state index contributed by atoms with van der Waals surface area (Å²) in [7, 11) is 1.58. The molecule has 0 aliphatic carbocycles. The van der Waals surface area contributed by atoms with E-state index >= 15 is 0 Å². The summed E-state index contributed by atoms with van der Waals surface area (Å²) in [6.07, 6.45) is 0. The van der Waals surface area contributed by atoms with Gasteiger partial charge in [-0.25, -0.2) is 0 Å². The Morgan fingerprint density at radius 3 is 2.62 bits per heavy atom. The maximum atomic E-state index is 12.5. The van der Waals surface area contributed by atoms with Gasteiger partial charge in [0.1, 0.15) is 0 Å². The van der Waals surface area contributed by atoms with Gasteiger partial charge in [-0.3, -0.25) is 4.79 Å². The molecule has 1 N–H and O–H groups in total. The van der Waals surface area contributed by atoms with Crippen molar-refractivity contribution in [1.29, 1.82) is 0 Å². The first kappa shape index (κ1) is 16.1. The molecule has 4 nitrogen and oxygen atoms in total. The third kappa shape index (κ3) is 3.00. The number of furan rings is 1. The van der Waals surface area contributed by atoms with Gasteiger partial charge < -0.3 is 14.5 Å². The summed E-state index contributed by atoms with van der Waals surface area (Å²) < 4.78 is 11.0. The van der Waals surface area contributed by atoms with Crippen molar-refractivity contribution < 1.29 is 13.9 Å². The Bertz CT molecular complexity index is 895. The second-order valence-corrected chi connectivity index (χ2v) is 6.03. The zero-order valence-electron chi connectivity index (χ0n) is 14.3. The molecule has 24 heavy (non-hydrogen) atoms. The van der Waals surface area contributed by atoms with Crippen molar-refractivity contribution in [1.82, 2.24) is 5.32 Å². The molecule has 0 aliphatic rings. The lowest BCUT2D eigenvalue weighted by atomic mass is 10.0. The number of methoxy groups -OCH3 is 1. The van der Waals surface area contributed by atoms with Gasteiger partial charge in [0.25, 0.3) is 5.91 Å². The first-order valence-electron chi connectivity index (χ1n) is 7.94. The van der Waals surface area contributed by atoms with E-state index in [0.29, 0.717) is 11.3 Å². The zero-order chi connectivity index (χ0) is 17.3. The molecule has 0 bridgehead atoms. The van der Waals surface area contributed by atoms with Crippen LogP contribution in [0.5, 0.6) is 5.75 Å². The van der Waals surface area contributed by atoms with Crippen LogP contribution in [-0.2, 0) is 0 Å². The van der Waals surface area contributed by atoms with Crippen LogP contribution in [0.1, 0.15) is 40.2 Å². The summed E-state index contributed by atoms with van der Waals surface area (Å²) in [5, 5.41) is 3.83. The average molecular weight is 323 g/mol. The fourth-order valence-electron chi connectivity index (χ4n) is 2.69. The van der Waals surface area contributed by atoms with Gasteiger partial charge in [-0.05, 0) is 49.6 Å². The number of para-hydroxylation sites is 1. The highest BCUT2D eigenvalue weighted by atomic mass is 16.5. The molecule has 0 spiro atoms. The Labute approximate surface area is 141 Å². The first-order valence-corrected chi connectivity index (χ1v) is 7.94. The molecule has 0 radical (unpaired) electrons. The number of nitrogens with one attached hydrogen (secondary N) is 1. The lowest BCUT2D eigenvalue weighted by molar-refractivity contribution is 0.0914. The number of hydrogen-bond donors (Lipinski definition) is 1. The summed E-state index contributed by atoms with van der Waals surface area (Å²) >= 11 is 0. The quantitative estimate of drug-likeness (QED) is 0.766. The molecular weight excluding hydrogens is 302 g/mol. The molecule has 2 aromatic carbocycles. The molecule has 124 valence electrons. The van der Waals surface area contributed by atoms with Crippen LogP contribution in [0.2, 0.25) is 0 Å². The predicted molar refractivity (Wildman–Crippen MR) is 94.6 cm³/mol. The number of carbonyl (C=O) groups excluding carboxylic acids is 1. The Morgan fingerprint density at radius 1 is 1.12 bits per heavy atom. The number of amides is 1. The Balaban J connectivity index is 1.82. The van der Waals surface area contributed by atoms with E-state index in [1.807, 2.05) is 31.2 Å². The SMILES string of the molecule is COc1cccc2cc(C(=O)N[C@@H](C)c3ccc(C)c(C)c3)oc12. The van der Waals surface area contributed by atoms with E-state index in [9.17, 15) is 4.79 Å². The van der Waals surface area contributed by atoms with E-state index in [-0.39, 0.29) is 17.7 Å². The second kappa shape index (κ2) is 6.40. The van der Waals surface area contributed by atoms with Gasteiger partial charge >= 0.3 is 0 Å². The number of rotatable bonds is 4. The minimum Gasteiger partial charge on any atom is -0.493 e. The summed E-state index contributed by atoms with van der Waals surface area (Å²) in [5.41, 5.74) is 4.10. The number of benzene rings is 2. The largest absolute Gasteiger partial charge is 0.493 e. The summed E-state index contributed by atoms with van der Waals surface area (Å²) in [6.45, 7) is 6.11. The number of carbonyl (C=O) groups is 1. The Kier molecular flexibility index (Phi) is 4.30. The number of hydrogen-bond acceptors (Lipinski definition) is 3. The van der Waals surface area contributed by atoms with Gasteiger partial charge in [0, 0.05) is 5.39 Å². The molecule has 0 saturated carbocycles. The highest BCUT2D eigenvalue weighted by Crippen LogP contribution is 2.28. The van der Waals surface area contributed by atoms with Gasteiger partial charge in [0.2, 0.25) is 0 Å². The van der Waals surface area contributed by atoms with Crippen molar-refractivity contribution in [2.24, 2.45) is 0 Å². The fraction of sp³-hybridized carbons (Fsp3) is 0.250. The van der Waals surface area contributed by atoms with Crippen LogP contribution < -0.4 is 10.1 Å². The van der Waals surface area contributed by atoms with Crippen LogP contribution in [0.4, 0.5) is 0 Å². The van der Waals surface area contributed by atoms with Crippen molar-refractivity contribution in [3.05, 3.63) is 64.9 Å². The number of aryl methyl sites for hydroxylation is 2. The first-order chi connectivity index (χ1) is 11.5. The molecule has 1 amide bonds. The highest BCUT2D eigenvalue weighted by Gasteiger charge is 2.17. The minimum atomic E-state index is -0.237. The average Bonchev–Trinajstić information content (AvgIpc) is 3.01. The fourth-order valence-corrected chi connectivity index (χ4v) is 2.69. The lowest BCUT2D eigenvalue weighted by Crippen LogP contribution is -2.26. The van der Waals surface area contributed by atoms with E-state index in [4.69, 9.17) is 9.15 Å². The molecule has 0 aliphatic heterocycles. The van der Waals surface area contributed by atoms with E-state index in [2.05, 4.69) is 31.3 Å². The minimum absolute atomic E-state index is 0.105. The van der Waals surface area contributed by atoms with Gasteiger partial charge in [0.05, 0.1) is 13.2 Å². The molecule has 4 heteroatoms. The molecule has 1 heterocycles. The number of ether oxygens (including phenoxy) is 1. The van der Waals surface area contributed by atoms with Crippen LogP contribution in [0.15, 0.2) is 46.9 Å². The van der Waals surface area contributed by atoms with Gasteiger partial charge in [-0.2, -0.15) is 0 Å². The third-order valence-electron chi connectivity index (χ3n) is 4.33. The second-order valence-electron chi connectivity index (χ2n) is 6.03. The number of fused-ring (bicyclic) bond motifs is 1. The molecule has 0 saturated heterocycles. The topological polar surface area (TPSA) is 51.5 Å². The molecular formula is C20H21NO3. The van der Waals surface area contributed by atoms with E-state index < -0.39 is 0 Å². The maximum absolute atomic E-state index is 12.5. The standard InChI is InChI=1S/C20H21NO3/c1-12-8-9-15(10-13(12)2)14(3)21-20(22)18-11-16-6-5-7-17(23-4)19(16)24-18/h5-11,14H,1-4H3,(H,21,22)/t14-/m0/s1. The van der Waals surface area contributed by atoms with Crippen LogP contribution in [0, 0.1) is 13.8 Å². The van der Waals surface area contributed by atoms with Gasteiger partial charge in [0.15, 0.2) is 17.1 Å². The monoisotopic (exact) mass is 323 g/mol. The van der Waals surface area contributed by atoms with Gasteiger partial charge in [-0.15, -0.1) is 0 Å². The van der Waals surface area contributed by atoms with Gasteiger partial charge in [-0.1, -0.05) is 30.3 Å².